The molecule has 2 heterocycles. The Morgan fingerprint density at radius 3 is 2.55 bits per heavy atom. The van der Waals surface area contributed by atoms with Crippen molar-refractivity contribution >= 4 is 11.8 Å². The Hall–Kier alpha value is -4.61. The van der Waals surface area contributed by atoms with Crippen LogP contribution in [-0.4, -0.2) is 73.8 Å². The van der Waals surface area contributed by atoms with Crippen LogP contribution in [0.25, 0.3) is 22.5 Å². The SMILES string of the molecule is COc1ccc2c(c1)C[C@@H](NC(=O)CC(C)(C)NC[C@@H](C)O)C(=O)N(Cc1ccc(-c3ccccc3-c3nnn[nH]3)cc1)C2. The Morgan fingerprint density at radius 2 is 1.86 bits per heavy atom. The number of aromatic amines is 1. The summed E-state index contributed by atoms with van der Waals surface area (Å²) in [5.74, 6) is 0.915. The number of aromatic nitrogens is 4. The van der Waals surface area contributed by atoms with Crippen molar-refractivity contribution in [3.8, 4) is 28.3 Å². The molecule has 4 N–H and O–H groups in total. The molecule has 2 atom stereocenters. The first-order chi connectivity index (χ1) is 21.1. The van der Waals surface area contributed by atoms with Crippen LogP contribution in [0.1, 0.15) is 43.9 Å². The van der Waals surface area contributed by atoms with Crippen molar-refractivity contribution in [1.82, 2.24) is 36.2 Å². The van der Waals surface area contributed by atoms with E-state index in [0.29, 0.717) is 37.6 Å². The second-order valence-electron chi connectivity index (χ2n) is 11.9. The number of H-pyrrole nitrogens is 1. The van der Waals surface area contributed by atoms with Gasteiger partial charge in [0.2, 0.25) is 11.8 Å². The van der Waals surface area contributed by atoms with Crippen LogP contribution in [-0.2, 0) is 29.1 Å². The predicted molar refractivity (Wildman–Crippen MR) is 166 cm³/mol. The van der Waals surface area contributed by atoms with E-state index in [2.05, 4.69) is 31.3 Å². The number of ether oxygens (including phenoxy) is 1. The number of β-amino-alcohol motifs (C(OH)–C–C–N with tert-alkyl or cyclic N) is 1. The number of methoxy groups -OCH3 is 1. The molecule has 4 aromatic rings. The molecule has 1 aromatic heterocycles. The number of hydrogen-bond donors (Lipinski definition) is 4. The zero-order valence-electron chi connectivity index (χ0n) is 25.5. The molecule has 0 unspecified atom stereocenters. The molecule has 0 aliphatic carbocycles. The summed E-state index contributed by atoms with van der Waals surface area (Å²) in [6.07, 6.45) is -0.0154. The van der Waals surface area contributed by atoms with Crippen LogP contribution in [0.3, 0.4) is 0 Å². The standard InChI is InChI=1S/C33H39N7O4/c1-21(41)18-34-33(2,3)17-30(42)35-29-16-25-15-26(44-4)14-13-24(25)20-40(32(29)43)19-22-9-11-23(12-10-22)27-7-5-6-8-28(27)31-36-38-39-37-31/h5-15,21,29,34,41H,16-20H2,1-4H3,(H,35,42)(H,36,37,38,39)/t21-,29-/m1/s1. The first-order valence-electron chi connectivity index (χ1n) is 14.7. The number of tetrazole rings is 1. The highest BCUT2D eigenvalue weighted by Gasteiger charge is 2.32. The molecule has 0 fully saturated rings. The van der Waals surface area contributed by atoms with E-state index in [-0.39, 0.29) is 18.2 Å². The lowest BCUT2D eigenvalue weighted by Crippen LogP contribution is -2.51. The fraction of sp³-hybridized carbons (Fsp3) is 0.364. The van der Waals surface area contributed by atoms with Crippen LogP contribution in [0.15, 0.2) is 66.7 Å². The van der Waals surface area contributed by atoms with Crippen molar-refractivity contribution in [1.29, 1.82) is 0 Å². The minimum Gasteiger partial charge on any atom is -0.497 e. The lowest BCUT2D eigenvalue weighted by Gasteiger charge is -2.29. The molecular weight excluding hydrogens is 558 g/mol. The van der Waals surface area contributed by atoms with Gasteiger partial charge in [0.1, 0.15) is 11.8 Å². The minimum absolute atomic E-state index is 0.143. The van der Waals surface area contributed by atoms with E-state index < -0.39 is 17.7 Å². The zero-order chi connectivity index (χ0) is 31.3. The average molecular weight is 598 g/mol. The lowest BCUT2D eigenvalue weighted by molar-refractivity contribution is -0.137. The van der Waals surface area contributed by atoms with E-state index in [1.54, 1.807) is 18.9 Å². The topological polar surface area (TPSA) is 145 Å². The maximum absolute atomic E-state index is 14.0. The summed E-state index contributed by atoms with van der Waals surface area (Å²) >= 11 is 0. The van der Waals surface area contributed by atoms with Crippen LogP contribution >= 0.6 is 0 Å². The normalized spacial score (nSPS) is 15.8. The van der Waals surface area contributed by atoms with Gasteiger partial charge in [-0.15, -0.1) is 5.10 Å². The number of carbonyl (C=O) groups is 2. The molecule has 1 aliphatic heterocycles. The Bertz CT molecular complexity index is 1590. The second kappa shape index (κ2) is 13.4. The van der Waals surface area contributed by atoms with E-state index in [9.17, 15) is 14.7 Å². The Kier molecular flexibility index (Phi) is 9.36. The van der Waals surface area contributed by atoms with Gasteiger partial charge in [0, 0.05) is 43.6 Å². The monoisotopic (exact) mass is 597 g/mol. The highest BCUT2D eigenvalue weighted by Crippen LogP contribution is 2.31. The van der Waals surface area contributed by atoms with Crippen LogP contribution in [0, 0.1) is 0 Å². The van der Waals surface area contributed by atoms with Crippen LogP contribution in [0.2, 0.25) is 0 Å². The summed E-state index contributed by atoms with van der Waals surface area (Å²) in [4.78, 5) is 28.9. The molecule has 3 aromatic carbocycles. The molecule has 11 heteroatoms. The van der Waals surface area contributed by atoms with Gasteiger partial charge in [-0.1, -0.05) is 54.6 Å². The maximum atomic E-state index is 14.0. The van der Waals surface area contributed by atoms with Crippen molar-refractivity contribution < 1.29 is 19.4 Å². The number of hydrogen-bond acceptors (Lipinski definition) is 8. The molecule has 44 heavy (non-hydrogen) atoms. The van der Waals surface area contributed by atoms with Crippen LogP contribution < -0.4 is 15.4 Å². The molecule has 0 spiro atoms. The van der Waals surface area contributed by atoms with Gasteiger partial charge in [-0.25, -0.2) is 5.10 Å². The quantitative estimate of drug-likeness (QED) is 0.206. The highest BCUT2D eigenvalue weighted by atomic mass is 16.5. The number of fused-ring (bicyclic) bond motifs is 1. The molecule has 1 aliphatic rings. The van der Waals surface area contributed by atoms with E-state index in [1.165, 1.54) is 0 Å². The van der Waals surface area contributed by atoms with Gasteiger partial charge < -0.3 is 25.4 Å². The third-order valence-corrected chi connectivity index (χ3v) is 7.79. The van der Waals surface area contributed by atoms with Gasteiger partial charge in [-0.05, 0) is 71.1 Å². The third kappa shape index (κ3) is 7.47. The summed E-state index contributed by atoms with van der Waals surface area (Å²) in [7, 11) is 1.61. The van der Waals surface area contributed by atoms with Gasteiger partial charge in [0.15, 0.2) is 5.82 Å². The number of carbonyl (C=O) groups excluding carboxylic acids is 2. The third-order valence-electron chi connectivity index (χ3n) is 7.79. The number of aliphatic hydroxyl groups is 1. The largest absolute Gasteiger partial charge is 0.497 e. The van der Waals surface area contributed by atoms with E-state index >= 15 is 0 Å². The van der Waals surface area contributed by atoms with Gasteiger partial charge in [-0.3, -0.25) is 9.59 Å². The fourth-order valence-electron chi connectivity index (χ4n) is 5.49. The summed E-state index contributed by atoms with van der Waals surface area (Å²) in [6, 6.07) is 21.1. The zero-order valence-corrected chi connectivity index (χ0v) is 25.5. The van der Waals surface area contributed by atoms with Crippen molar-refractivity contribution in [2.24, 2.45) is 0 Å². The Morgan fingerprint density at radius 1 is 1.11 bits per heavy atom. The maximum Gasteiger partial charge on any atom is 0.246 e. The number of rotatable bonds is 11. The lowest BCUT2D eigenvalue weighted by atomic mass is 9.98. The summed E-state index contributed by atoms with van der Waals surface area (Å²) in [5, 5.41) is 30.2. The molecule has 2 amide bonds. The molecule has 11 nitrogen and oxygen atoms in total. The molecule has 0 saturated heterocycles. The molecule has 230 valence electrons. The molecule has 0 saturated carbocycles. The van der Waals surface area contributed by atoms with E-state index in [1.807, 2.05) is 80.6 Å². The number of aliphatic hydroxyl groups excluding tert-OH is 1. The molecule has 0 bridgehead atoms. The van der Waals surface area contributed by atoms with Crippen LogP contribution in [0.5, 0.6) is 5.75 Å². The number of benzene rings is 3. The first kappa shape index (κ1) is 30.8. The van der Waals surface area contributed by atoms with Crippen LogP contribution in [0.4, 0.5) is 0 Å². The summed E-state index contributed by atoms with van der Waals surface area (Å²) in [6.45, 7) is 6.66. The van der Waals surface area contributed by atoms with Crippen molar-refractivity contribution in [2.75, 3.05) is 13.7 Å². The number of amides is 2. The number of nitrogens with zero attached hydrogens (tertiary/aromatic N) is 4. The van der Waals surface area contributed by atoms with Gasteiger partial charge in [0.25, 0.3) is 0 Å². The smallest absolute Gasteiger partial charge is 0.246 e. The average Bonchev–Trinajstić information content (AvgIpc) is 3.51. The summed E-state index contributed by atoms with van der Waals surface area (Å²) < 4.78 is 5.45. The predicted octanol–water partition coefficient (Wildman–Crippen LogP) is 3.25. The number of nitrogens with one attached hydrogen (secondary N) is 3. The molecular formula is C33H39N7O4. The van der Waals surface area contributed by atoms with Gasteiger partial charge in [0.05, 0.1) is 13.2 Å². The van der Waals surface area contributed by atoms with Gasteiger partial charge >= 0.3 is 0 Å². The van der Waals surface area contributed by atoms with Gasteiger partial charge in [-0.2, -0.15) is 0 Å². The highest BCUT2D eigenvalue weighted by molar-refractivity contribution is 5.89. The van der Waals surface area contributed by atoms with Crippen molar-refractivity contribution in [3.05, 3.63) is 83.4 Å². The Balaban J connectivity index is 1.36. The minimum atomic E-state index is -0.731. The first-order valence-corrected chi connectivity index (χ1v) is 14.7. The fourth-order valence-corrected chi connectivity index (χ4v) is 5.49. The van der Waals surface area contributed by atoms with E-state index in [0.717, 1.165) is 33.4 Å². The summed E-state index contributed by atoms with van der Waals surface area (Å²) in [5.41, 5.74) is 5.26. The molecule has 5 rings (SSSR count). The van der Waals surface area contributed by atoms with Crippen molar-refractivity contribution in [3.63, 3.8) is 0 Å². The Labute approximate surface area is 257 Å². The molecule has 0 radical (unpaired) electrons. The van der Waals surface area contributed by atoms with Crippen molar-refractivity contribution in [2.45, 2.75) is 64.4 Å². The van der Waals surface area contributed by atoms with E-state index in [4.69, 9.17) is 4.74 Å². The second-order valence-corrected chi connectivity index (χ2v) is 11.9.